The summed E-state index contributed by atoms with van der Waals surface area (Å²) in [7, 11) is 3.93. The van der Waals surface area contributed by atoms with Gasteiger partial charge in [0, 0.05) is 12.1 Å². The van der Waals surface area contributed by atoms with Crippen molar-refractivity contribution < 1.29 is 9.90 Å². The van der Waals surface area contributed by atoms with E-state index in [1.54, 1.807) is 0 Å². The molecule has 4 heteroatoms. The van der Waals surface area contributed by atoms with Crippen molar-refractivity contribution in [3.8, 4) is 11.1 Å². The van der Waals surface area contributed by atoms with Crippen LogP contribution in [0.1, 0.15) is 22.8 Å². The van der Waals surface area contributed by atoms with Crippen molar-refractivity contribution in [2.24, 2.45) is 0 Å². The van der Waals surface area contributed by atoms with Crippen molar-refractivity contribution in [3.63, 3.8) is 0 Å². The smallest absolute Gasteiger partial charge is 0.253 e. The Bertz CT molecular complexity index is 637. The van der Waals surface area contributed by atoms with E-state index in [0.29, 0.717) is 12.1 Å². The van der Waals surface area contributed by atoms with E-state index in [0.717, 1.165) is 16.7 Å². The molecule has 0 aliphatic rings. The van der Waals surface area contributed by atoms with Crippen LogP contribution in [0.2, 0.25) is 0 Å². The van der Waals surface area contributed by atoms with E-state index < -0.39 is 6.23 Å². The molecule has 0 spiro atoms. The standard InChI is InChI=1S/C18H22N2O2/c1-13(21)19-18(22)17-10-9-15(11-16(17)12-20(2)3)14-7-5-4-6-8-14/h4-11,13,21H,12H2,1-3H3,(H,19,22). The Morgan fingerprint density at radius 1 is 1.14 bits per heavy atom. The zero-order valence-corrected chi connectivity index (χ0v) is 13.2. The number of aliphatic hydroxyl groups is 1. The van der Waals surface area contributed by atoms with Gasteiger partial charge in [0.15, 0.2) is 0 Å². The van der Waals surface area contributed by atoms with Crippen molar-refractivity contribution in [1.82, 2.24) is 10.2 Å². The maximum atomic E-state index is 12.2. The third kappa shape index (κ3) is 4.16. The summed E-state index contributed by atoms with van der Waals surface area (Å²) < 4.78 is 0. The molecular formula is C18H22N2O2. The molecule has 2 aromatic rings. The highest BCUT2D eigenvalue weighted by molar-refractivity contribution is 5.96. The topological polar surface area (TPSA) is 52.6 Å². The predicted octanol–water partition coefficient (Wildman–Crippen LogP) is 2.48. The number of carbonyl (C=O) groups is 1. The fourth-order valence-corrected chi connectivity index (χ4v) is 2.36. The quantitative estimate of drug-likeness (QED) is 0.834. The Morgan fingerprint density at radius 2 is 1.82 bits per heavy atom. The molecule has 0 aromatic heterocycles. The van der Waals surface area contributed by atoms with Gasteiger partial charge >= 0.3 is 0 Å². The highest BCUT2D eigenvalue weighted by Crippen LogP contribution is 2.23. The van der Waals surface area contributed by atoms with Crippen molar-refractivity contribution in [1.29, 1.82) is 0 Å². The molecule has 0 fully saturated rings. The van der Waals surface area contributed by atoms with Crippen molar-refractivity contribution >= 4 is 5.91 Å². The summed E-state index contributed by atoms with van der Waals surface area (Å²) in [5, 5.41) is 11.9. The molecule has 0 saturated carbocycles. The highest BCUT2D eigenvalue weighted by Gasteiger charge is 2.14. The molecule has 0 aliphatic carbocycles. The van der Waals surface area contributed by atoms with Gasteiger partial charge in [-0.3, -0.25) is 4.79 Å². The first kappa shape index (κ1) is 16.2. The second kappa shape index (κ2) is 7.20. The van der Waals surface area contributed by atoms with Crippen LogP contribution in [0.5, 0.6) is 0 Å². The molecule has 116 valence electrons. The minimum absolute atomic E-state index is 0.258. The number of hydrogen-bond acceptors (Lipinski definition) is 3. The van der Waals surface area contributed by atoms with Crippen LogP contribution in [0.25, 0.3) is 11.1 Å². The normalized spacial score (nSPS) is 12.2. The average Bonchev–Trinajstić information content (AvgIpc) is 2.46. The number of aliphatic hydroxyl groups excluding tert-OH is 1. The Kier molecular flexibility index (Phi) is 5.31. The predicted molar refractivity (Wildman–Crippen MR) is 88.4 cm³/mol. The molecule has 0 heterocycles. The van der Waals surface area contributed by atoms with E-state index in [9.17, 15) is 9.90 Å². The van der Waals surface area contributed by atoms with Crippen molar-refractivity contribution in [2.45, 2.75) is 19.7 Å². The van der Waals surface area contributed by atoms with E-state index in [-0.39, 0.29) is 5.91 Å². The number of nitrogens with one attached hydrogen (secondary N) is 1. The van der Waals surface area contributed by atoms with Gasteiger partial charge in [0.25, 0.3) is 5.91 Å². The third-order valence-electron chi connectivity index (χ3n) is 3.28. The summed E-state index contributed by atoms with van der Waals surface area (Å²) in [5.74, 6) is -0.258. The number of carbonyl (C=O) groups excluding carboxylic acids is 1. The third-order valence-corrected chi connectivity index (χ3v) is 3.28. The van der Waals surface area contributed by atoms with Gasteiger partial charge in [-0.1, -0.05) is 36.4 Å². The first-order chi connectivity index (χ1) is 10.5. The largest absolute Gasteiger partial charge is 0.374 e. The lowest BCUT2D eigenvalue weighted by atomic mass is 9.98. The van der Waals surface area contributed by atoms with Crippen LogP contribution in [0.4, 0.5) is 0 Å². The fourth-order valence-electron chi connectivity index (χ4n) is 2.36. The average molecular weight is 298 g/mol. The van der Waals surface area contributed by atoms with E-state index in [1.165, 1.54) is 6.92 Å². The molecule has 2 aromatic carbocycles. The van der Waals surface area contributed by atoms with Gasteiger partial charge in [0.2, 0.25) is 0 Å². The van der Waals surface area contributed by atoms with Crippen LogP contribution in [0.3, 0.4) is 0 Å². The molecule has 0 aliphatic heterocycles. The zero-order valence-electron chi connectivity index (χ0n) is 13.2. The van der Waals surface area contributed by atoms with Crippen LogP contribution < -0.4 is 5.32 Å². The highest BCUT2D eigenvalue weighted by atomic mass is 16.3. The molecule has 1 atom stereocenters. The lowest BCUT2D eigenvalue weighted by molar-refractivity contribution is 0.0817. The molecule has 4 nitrogen and oxygen atoms in total. The van der Waals surface area contributed by atoms with Gasteiger partial charge in [0.05, 0.1) is 0 Å². The van der Waals surface area contributed by atoms with E-state index >= 15 is 0 Å². The molecule has 0 radical (unpaired) electrons. The Labute approximate surface area is 131 Å². The fraction of sp³-hybridized carbons (Fsp3) is 0.278. The number of hydrogen-bond donors (Lipinski definition) is 2. The summed E-state index contributed by atoms with van der Waals surface area (Å²) in [6.07, 6.45) is -0.867. The number of rotatable bonds is 5. The van der Waals surface area contributed by atoms with Crippen LogP contribution >= 0.6 is 0 Å². The van der Waals surface area contributed by atoms with Gasteiger partial charge in [-0.2, -0.15) is 0 Å². The van der Waals surface area contributed by atoms with E-state index in [4.69, 9.17) is 0 Å². The van der Waals surface area contributed by atoms with Crippen LogP contribution in [-0.4, -0.2) is 36.2 Å². The lowest BCUT2D eigenvalue weighted by Gasteiger charge is -2.16. The zero-order chi connectivity index (χ0) is 16.1. The van der Waals surface area contributed by atoms with Crippen LogP contribution in [0, 0.1) is 0 Å². The van der Waals surface area contributed by atoms with Crippen LogP contribution in [-0.2, 0) is 6.54 Å². The van der Waals surface area contributed by atoms with Gasteiger partial charge in [-0.15, -0.1) is 0 Å². The Morgan fingerprint density at radius 3 is 2.41 bits per heavy atom. The van der Waals surface area contributed by atoms with E-state index in [1.807, 2.05) is 67.5 Å². The second-order valence-corrected chi connectivity index (χ2v) is 5.63. The summed E-state index contributed by atoms with van der Waals surface area (Å²) in [4.78, 5) is 14.2. The van der Waals surface area contributed by atoms with Gasteiger partial charge < -0.3 is 15.3 Å². The van der Waals surface area contributed by atoms with Crippen LogP contribution in [0.15, 0.2) is 48.5 Å². The maximum Gasteiger partial charge on any atom is 0.253 e. The molecule has 2 N–H and O–H groups in total. The first-order valence-corrected chi connectivity index (χ1v) is 7.29. The Balaban J connectivity index is 2.40. The first-order valence-electron chi connectivity index (χ1n) is 7.29. The number of benzene rings is 2. The second-order valence-electron chi connectivity index (χ2n) is 5.63. The van der Waals surface area contributed by atoms with Gasteiger partial charge in [0.1, 0.15) is 6.23 Å². The molecular weight excluding hydrogens is 276 g/mol. The SMILES string of the molecule is CC(O)NC(=O)c1ccc(-c2ccccc2)cc1CN(C)C. The number of amides is 1. The summed E-state index contributed by atoms with van der Waals surface area (Å²) in [6.45, 7) is 2.19. The molecule has 1 amide bonds. The minimum atomic E-state index is -0.867. The molecule has 22 heavy (non-hydrogen) atoms. The van der Waals surface area contributed by atoms with Crippen molar-refractivity contribution in [2.75, 3.05) is 14.1 Å². The summed E-state index contributed by atoms with van der Waals surface area (Å²) >= 11 is 0. The van der Waals surface area contributed by atoms with E-state index in [2.05, 4.69) is 5.32 Å². The summed E-state index contributed by atoms with van der Waals surface area (Å²) in [6, 6.07) is 15.9. The summed E-state index contributed by atoms with van der Waals surface area (Å²) in [5.41, 5.74) is 3.72. The maximum absolute atomic E-state index is 12.2. The lowest BCUT2D eigenvalue weighted by Crippen LogP contribution is -2.33. The molecule has 1 unspecified atom stereocenters. The van der Waals surface area contributed by atoms with Gasteiger partial charge in [-0.05, 0) is 49.8 Å². The Hall–Kier alpha value is -2.17. The molecule has 2 rings (SSSR count). The molecule has 0 bridgehead atoms. The van der Waals surface area contributed by atoms with Crippen molar-refractivity contribution in [3.05, 3.63) is 59.7 Å². The molecule has 0 saturated heterocycles. The monoisotopic (exact) mass is 298 g/mol. The number of nitrogens with zero attached hydrogens (tertiary/aromatic N) is 1. The minimum Gasteiger partial charge on any atom is -0.374 e. The van der Waals surface area contributed by atoms with Gasteiger partial charge in [-0.25, -0.2) is 0 Å².